The van der Waals surface area contributed by atoms with Gasteiger partial charge in [0.15, 0.2) is 6.23 Å². The molecule has 0 aromatic heterocycles. The smallest absolute Gasteiger partial charge is 0.307 e. The van der Waals surface area contributed by atoms with E-state index in [2.05, 4.69) is 9.08 Å². The second kappa shape index (κ2) is 7.06. The quantitative estimate of drug-likeness (QED) is 0.567. The number of hydrogen-bond donors (Lipinski definition) is 0. The molecule has 150 valence electrons. The van der Waals surface area contributed by atoms with Gasteiger partial charge in [-0.25, -0.2) is 4.18 Å². The first-order chi connectivity index (χ1) is 12.5. The minimum Gasteiger partial charge on any atom is -0.307 e. The van der Waals surface area contributed by atoms with Crippen LogP contribution in [0.1, 0.15) is 36.2 Å². The largest absolute Gasteiger partial charge is 0.523 e. The summed E-state index contributed by atoms with van der Waals surface area (Å²) in [6.45, 7) is 5.10. The highest BCUT2D eigenvalue weighted by molar-refractivity contribution is 7.87. The Kier molecular flexibility index (Phi) is 5.26. The molecule has 0 N–H and O–H groups in total. The summed E-state index contributed by atoms with van der Waals surface area (Å²) < 4.78 is 66.2. The van der Waals surface area contributed by atoms with E-state index < -0.39 is 33.8 Å². The highest BCUT2D eigenvalue weighted by Gasteiger charge is 2.51. The van der Waals surface area contributed by atoms with Crippen molar-refractivity contribution in [2.24, 2.45) is 0 Å². The maximum absolute atomic E-state index is 13.0. The van der Waals surface area contributed by atoms with E-state index >= 15 is 0 Å². The summed E-state index contributed by atoms with van der Waals surface area (Å²) in [5.74, 6) is -0.505. The molecule has 1 aromatic rings. The number of benzene rings is 1. The molecule has 2 heterocycles. The van der Waals surface area contributed by atoms with Crippen molar-refractivity contribution in [3.63, 3.8) is 0 Å². The maximum Gasteiger partial charge on any atom is 0.523 e. The molecule has 10 heteroatoms. The first-order valence-corrected chi connectivity index (χ1v) is 10.1. The Balaban J connectivity index is 1.95. The molecule has 0 radical (unpaired) electrons. The van der Waals surface area contributed by atoms with Crippen LogP contribution in [0.3, 0.4) is 0 Å². The van der Waals surface area contributed by atoms with Gasteiger partial charge < -0.3 is 4.90 Å². The Bertz CT molecular complexity index is 826. The molecule has 1 amide bonds. The van der Waals surface area contributed by atoms with Crippen molar-refractivity contribution in [3.8, 4) is 0 Å². The molecule has 1 saturated heterocycles. The molecule has 1 aromatic carbocycles. The maximum atomic E-state index is 13.0. The number of likely N-dealkylation sites (tertiary alicyclic amines) is 1. The van der Waals surface area contributed by atoms with E-state index in [0.717, 1.165) is 0 Å². The van der Waals surface area contributed by atoms with Crippen LogP contribution in [0, 0.1) is 0 Å². The van der Waals surface area contributed by atoms with Gasteiger partial charge in [-0.05, 0) is 31.9 Å². The van der Waals surface area contributed by atoms with Crippen LogP contribution in [0.25, 0.3) is 0 Å². The highest BCUT2D eigenvalue weighted by atomic mass is 32.2. The lowest BCUT2D eigenvalue weighted by Gasteiger charge is -2.39. The van der Waals surface area contributed by atoms with Crippen molar-refractivity contribution < 1.29 is 30.6 Å². The first-order valence-electron chi connectivity index (χ1n) is 8.65. The molecule has 1 unspecified atom stereocenters. The number of nitrogens with zero attached hydrogens (tertiary/aromatic N) is 2. The highest BCUT2D eigenvalue weighted by Crippen LogP contribution is 2.33. The fourth-order valence-electron chi connectivity index (χ4n) is 3.61. The van der Waals surface area contributed by atoms with E-state index in [0.29, 0.717) is 30.6 Å². The Hall–Kier alpha value is -1.65. The van der Waals surface area contributed by atoms with Gasteiger partial charge in [-0.15, -0.1) is 0 Å². The van der Waals surface area contributed by atoms with Gasteiger partial charge in [0.2, 0.25) is 0 Å². The Morgan fingerprint density at radius 1 is 1.22 bits per heavy atom. The average molecular weight is 406 g/mol. The summed E-state index contributed by atoms with van der Waals surface area (Å²) >= 11 is 0. The number of carbonyl (C=O) groups is 1. The first kappa shape index (κ1) is 20.1. The zero-order chi connectivity index (χ0) is 20.0. The number of fused-ring (bicyclic) bond motifs is 1. The van der Waals surface area contributed by atoms with Crippen LogP contribution >= 0.6 is 0 Å². The van der Waals surface area contributed by atoms with Gasteiger partial charge in [0.1, 0.15) is 0 Å². The lowest BCUT2D eigenvalue weighted by atomic mass is 9.96. The molecule has 6 nitrogen and oxygen atoms in total. The van der Waals surface area contributed by atoms with E-state index in [1.165, 1.54) is 4.90 Å². The van der Waals surface area contributed by atoms with E-state index in [-0.39, 0.29) is 12.5 Å². The van der Waals surface area contributed by atoms with E-state index in [1.807, 2.05) is 13.8 Å². The molecular formula is C17H21F3N2O4S. The molecule has 2 aliphatic heterocycles. The summed E-state index contributed by atoms with van der Waals surface area (Å²) in [7, 11) is -5.82. The number of carbonyl (C=O) groups excluding carboxylic acids is 1. The predicted octanol–water partition coefficient (Wildman–Crippen LogP) is 2.36. The molecule has 27 heavy (non-hydrogen) atoms. The van der Waals surface area contributed by atoms with Gasteiger partial charge >= 0.3 is 15.6 Å². The molecule has 0 bridgehead atoms. The van der Waals surface area contributed by atoms with Crippen molar-refractivity contribution in [2.75, 3.05) is 13.1 Å². The lowest BCUT2D eigenvalue weighted by Crippen LogP contribution is -2.54. The molecule has 2 atom stereocenters. The van der Waals surface area contributed by atoms with Crippen LogP contribution < -0.4 is 0 Å². The van der Waals surface area contributed by atoms with Crippen LogP contribution in [0.15, 0.2) is 24.3 Å². The minimum atomic E-state index is -5.82. The summed E-state index contributed by atoms with van der Waals surface area (Å²) in [5.41, 5.74) is -4.71. The third-order valence-corrected chi connectivity index (χ3v) is 6.07. The fourth-order valence-corrected chi connectivity index (χ4v) is 4.17. The van der Waals surface area contributed by atoms with Crippen LogP contribution in [0.2, 0.25) is 0 Å². The third-order valence-electron chi connectivity index (χ3n) is 5.03. The second-order valence-corrected chi connectivity index (χ2v) is 8.62. The number of halogens is 3. The van der Waals surface area contributed by atoms with Gasteiger partial charge in [-0.2, -0.15) is 21.6 Å². The zero-order valence-corrected chi connectivity index (χ0v) is 15.8. The molecule has 1 fully saturated rings. The molecule has 0 saturated carbocycles. The van der Waals surface area contributed by atoms with Gasteiger partial charge in [0.05, 0.1) is 0 Å². The summed E-state index contributed by atoms with van der Waals surface area (Å²) in [6, 6.07) is 6.29. The van der Waals surface area contributed by atoms with Crippen molar-refractivity contribution >= 4 is 16.0 Å². The number of hydrogen-bond acceptors (Lipinski definition) is 5. The Morgan fingerprint density at radius 3 is 2.48 bits per heavy atom. The summed E-state index contributed by atoms with van der Waals surface area (Å²) in [6.07, 6.45) is -1.09. The van der Waals surface area contributed by atoms with E-state index in [1.54, 1.807) is 24.3 Å². The topological polar surface area (TPSA) is 66.9 Å². The number of alkyl halides is 3. The van der Waals surface area contributed by atoms with Crippen molar-refractivity contribution in [1.29, 1.82) is 0 Å². The third kappa shape index (κ3) is 3.83. The van der Waals surface area contributed by atoms with Gasteiger partial charge in [-0.1, -0.05) is 18.2 Å². The average Bonchev–Trinajstić information content (AvgIpc) is 3.03. The fraction of sp³-hybridized carbons (Fsp3) is 0.588. The van der Waals surface area contributed by atoms with Gasteiger partial charge in [0.25, 0.3) is 5.91 Å². The summed E-state index contributed by atoms with van der Waals surface area (Å²) in [5, 5.41) is 0. The van der Waals surface area contributed by atoms with Crippen LogP contribution in [0.4, 0.5) is 13.2 Å². The monoisotopic (exact) mass is 406 g/mol. The van der Waals surface area contributed by atoms with Gasteiger partial charge in [0, 0.05) is 37.2 Å². The zero-order valence-electron chi connectivity index (χ0n) is 14.9. The second-order valence-electron chi connectivity index (χ2n) is 7.06. The molecule has 3 rings (SSSR count). The summed E-state index contributed by atoms with van der Waals surface area (Å²) in [4.78, 5) is 16.2. The van der Waals surface area contributed by atoms with Crippen LogP contribution in [0.5, 0.6) is 0 Å². The lowest BCUT2D eigenvalue weighted by molar-refractivity contribution is -0.0686. The Labute approximate surface area is 156 Å². The number of amides is 1. The van der Waals surface area contributed by atoms with Crippen LogP contribution in [-0.2, 0) is 20.7 Å². The predicted molar refractivity (Wildman–Crippen MR) is 91.3 cm³/mol. The van der Waals surface area contributed by atoms with E-state index in [4.69, 9.17) is 0 Å². The van der Waals surface area contributed by atoms with E-state index in [9.17, 15) is 26.4 Å². The Morgan fingerprint density at radius 2 is 1.89 bits per heavy atom. The van der Waals surface area contributed by atoms with Gasteiger partial charge in [-0.3, -0.25) is 9.69 Å². The molecular weight excluding hydrogens is 385 g/mol. The normalized spacial score (nSPS) is 24.5. The van der Waals surface area contributed by atoms with Crippen molar-refractivity contribution in [3.05, 3.63) is 35.4 Å². The SMILES string of the molecule is CC(C)N1CCC(N2C(=O)c3ccccc3C[C@H]2OS(=O)(=O)C(F)(F)F)C1. The van der Waals surface area contributed by atoms with Crippen LogP contribution in [-0.4, -0.2) is 61.0 Å². The molecule has 2 aliphatic rings. The number of rotatable bonds is 4. The molecule has 0 aliphatic carbocycles. The minimum absolute atomic E-state index is 0.116. The van der Waals surface area contributed by atoms with Crippen molar-refractivity contribution in [1.82, 2.24) is 9.80 Å². The van der Waals surface area contributed by atoms with Crippen molar-refractivity contribution in [2.45, 2.75) is 50.5 Å². The molecule has 0 spiro atoms. The standard InChI is InChI=1S/C17H21F3N2O4S/c1-11(2)21-8-7-13(10-21)22-15(26-27(24,25)17(18,19)20)9-12-5-3-4-6-14(12)16(22)23/h3-6,11,13,15H,7-10H2,1-2H3/t13?,15-/m1/s1.